The van der Waals surface area contributed by atoms with Gasteiger partial charge in [-0.15, -0.1) is 11.6 Å². The number of halogens is 1. The monoisotopic (exact) mass is 171 g/mol. The number of pyridine rings is 1. The van der Waals surface area contributed by atoms with E-state index in [1.807, 2.05) is 12.1 Å². The summed E-state index contributed by atoms with van der Waals surface area (Å²) < 4.78 is 4.93. The Hall–Kier alpha value is -0.600. The second-order valence-electron chi connectivity index (χ2n) is 2.22. The van der Waals surface area contributed by atoms with E-state index in [0.29, 0.717) is 12.5 Å². The van der Waals surface area contributed by atoms with Crippen LogP contribution in [0.3, 0.4) is 0 Å². The standard InChI is InChI=1S/C8H10ClNO/c1-11-6-7-2-3-8(4-9)10-5-7/h2-3,5H,4,6H2,1H3. The molecule has 0 fully saturated rings. The molecule has 3 heteroatoms. The van der Waals surface area contributed by atoms with Gasteiger partial charge in [0.15, 0.2) is 0 Å². The van der Waals surface area contributed by atoms with E-state index in [9.17, 15) is 0 Å². The SMILES string of the molecule is COCc1ccc(CCl)nc1. The zero-order valence-electron chi connectivity index (χ0n) is 6.38. The molecule has 0 unspecified atom stereocenters. The average molecular weight is 172 g/mol. The molecule has 1 heterocycles. The smallest absolute Gasteiger partial charge is 0.0728 e. The molecule has 0 aliphatic carbocycles. The van der Waals surface area contributed by atoms with Crippen molar-refractivity contribution in [3.63, 3.8) is 0 Å². The summed E-state index contributed by atoms with van der Waals surface area (Å²) in [6, 6.07) is 3.87. The minimum atomic E-state index is 0.466. The van der Waals surface area contributed by atoms with Gasteiger partial charge < -0.3 is 4.74 Å². The van der Waals surface area contributed by atoms with Gasteiger partial charge in [0.25, 0.3) is 0 Å². The molecule has 0 saturated heterocycles. The molecule has 0 bridgehead atoms. The van der Waals surface area contributed by atoms with Gasteiger partial charge in [-0.05, 0) is 11.6 Å². The number of nitrogens with zero attached hydrogens (tertiary/aromatic N) is 1. The van der Waals surface area contributed by atoms with Crippen LogP contribution in [0, 0.1) is 0 Å². The number of methoxy groups -OCH3 is 1. The first-order valence-electron chi connectivity index (χ1n) is 3.35. The third-order valence-corrected chi connectivity index (χ3v) is 1.61. The third kappa shape index (κ3) is 2.48. The quantitative estimate of drug-likeness (QED) is 0.649. The summed E-state index contributed by atoms with van der Waals surface area (Å²) >= 11 is 5.56. The Morgan fingerprint density at radius 3 is 2.82 bits per heavy atom. The normalized spacial score (nSPS) is 10.0. The fourth-order valence-corrected chi connectivity index (χ4v) is 0.944. The van der Waals surface area contributed by atoms with E-state index in [-0.39, 0.29) is 0 Å². The minimum absolute atomic E-state index is 0.466. The van der Waals surface area contributed by atoms with E-state index in [1.54, 1.807) is 13.3 Å². The first-order chi connectivity index (χ1) is 5.36. The van der Waals surface area contributed by atoms with Crippen molar-refractivity contribution in [3.8, 4) is 0 Å². The van der Waals surface area contributed by atoms with Gasteiger partial charge in [-0.1, -0.05) is 6.07 Å². The summed E-state index contributed by atoms with van der Waals surface area (Å²) in [6.07, 6.45) is 1.78. The molecule has 0 spiro atoms. The zero-order chi connectivity index (χ0) is 8.10. The van der Waals surface area contributed by atoms with Crippen LogP contribution in [0.25, 0.3) is 0 Å². The van der Waals surface area contributed by atoms with Crippen LogP contribution in [0.15, 0.2) is 18.3 Å². The number of ether oxygens (including phenoxy) is 1. The first-order valence-corrected chi connectivity index (χ1v) is 3.89. The Morgan fingerprint density at radius 2 is 2.36 bits per heavy atom. The van der Waals surface area contributed by atoms with Crippen molar-refractivity contribution < 1.29 is 4.74 Å². The van der Waals surface area contributed by atoms with Crippen LogP contribution < -0.4 is 0 Å². The van der Waals surface area contributed by atoms with Crippen LogP contribution in [-0.4, -0.2) is 12.1 Å². The van der Waals surface area contributed by atoms with E-state index in [2.05, 4.69) is 4.98 Å². The number of hydrogen-bond acceptors (Lipinski definition) is 2. The molecule has 0 aromatic carbocycles. The largest absolute Gasteiger partial charge is 0.380 e. The molecular formula is C8H10ClNO. The van der Waals surface area contributed by atoms with E-state index in [4.69, 9.17) is 16.3 Å². The Balaban J connectivity index is 2.66. The van der Waals surface area contributed by atoms with Crippen LogP contribution in [0.2, 0.25) is 0 Å². The van der Waals surface area contributed by atoms with Gasteiger partial charge in [0.1, 0.15) is 0 Å². The second kappa shape index (κ2) is 4.31. The van der Waals surface area contributed by atoms with Crippen molar-refractivity contribution in [1.82, 2.24) is 4.98 Å². The average Bonchev–Trinajstić information content (AvgIpc) is 2.07. The van der Waals surface area contributed by atoms with Crippen LogP contribution in [0.4, 0.5) is 0 Å². The lowest BCUT2D eigenvalue weighted by atomic mass is 10.3. The topological polar surface area (TPSA) is 22.1 Å². The van der Waals surface area contributed by atoms with E-state index in [1.165, 1.54) is 0 Å². The molecule has 0 aliphatic heterocycles. The molecule has 1 rings (SSSR count). The lowest BCUT2D eigenvalue weighted by Gasteiger charge is -1.98. The van der Waals surface area contributed by atoms with Crippen molar-refractivity contribution in [1.29, 1.82) is 0 Å². The van der Waals surface area contributed by atoms with Crippen LogP contribution in [0.1, 0.15) is 11.3 Å². The van der Waals surface area contributed by atoms with Crippen LogP contribution >= 0.6 is 11.6 Å². The molecule has 0 aliphatic rings. The summed E-state index contributed by atoms with van der Waals surface area (Å²) in [5, 5.41) is 0. The Kier molecular flexibility index (Phi) is 3.33. The second-order valence-corrected chi connectivity index (χ2v) is 2.49. The van der Waals surface area contributed by atoms with E-state index < -0.39 is 0 Å². The number of rotatable bonds is 3. The molecule has 60 valence electrons. The molecule has 1 aromatic rings. The van der Waals surface area contributed by atoms with Crippen molar-refractivity contribution in [2.75, 3.05) is 7.11 Å². The minimum Gasteiger partial charge on any atom is -0.380 e. The predicted octanol–water partition coefficient (Wildman–Crippen LogP) is 1.97. The first kappa shape index (κ1) is 8.50. The number of alkyl halides is 1. The fourth-order valence-electron chi connectivity index (χ4n) is 0.786. The van der Waals surface area contributed by atoms with Gasteiger partial charge in [-0.3, -0.25) is 4.98 Å². The van der Waals surface area contributed by atoms with Gasteiger partial charge in [0.05, 0.1) is 18.2 Å². The van der Waals surface area contributed by atoms with Crippen molar-refractivity contribution in [2.24, 2.45) is 0 Å². The molecule has 0 amide bonds. The van der Waals surface area contributed by atoms with Gasteiger partial charge in [-0.25, -0.2) is 0 Å². The zero-order valence-corrected chi connectivity index (χ0v) is 7.14. The summed E-state index contributed by atoms with van der Waals surface area (Å²) in [7, 11) is 1.66. The van der Waals surface area contributed by atoms with Gasteiger partial charge in [0.2, 0.25) is 0 Å². The summed E-state index contributed by atoms with van der Waals surface area (Å²) in [4.78, 5) is 4.10. The predicted molar refractivity (Wildman–Crippen MR) is 44.5 cm³/mol. The molecule has 0 atom stereocenters. The van der Waals surface area contributed by atoms with Crippen molar-refractivity contribution in [3.05, 3.63) is 29.6 Å². The molecule has 0 N–H and O–H groups in total. The van der Waals surface area contributed by atoms with Gasteiger partial charge in [0, 0.05) is 13.3 Å². The maximum absolute atomic E-state index is 5.56. The van der Waals surface area contributed by atoms with E-state index in [0.717, 1.165) is 11.3 Å². The molecule has 2 nitrogen and oxygen atoms in total. The molecule has 0 radical (unpaired) electrons. The molecule has 0 saturated carbocycles. The third-order valence-electron chi connectivity index (χ3n) is 1.33. The highest BCUT2D eigenvalue weighted by atomic mass is 35.5. The highest BCUT2D eigenvalue weighted by Crippen LogP contribution is 2.03. The van der Waals surface area contributed by atoms with Crippen LogP contribution in [-0.2, 0) is 17.2 Å². The Labute approximate surface area is 71.2 Å². The highest BCUT2D eigenvalue weighted by molar-refractivity contribution is 6.16. The Morgan fingerprint density at radius 1 is 1.55 bits per heavy atom. The molecule has 1 aromatic heterocycles. The summed E-state index contributed by atoms with van der Waals surface area (Å²) in [6.45, 7) is 0.607. The number of hydrogen-bond donors (Lipinski definition) is 0. The summed E-state index contributed by atoms with van der Waals surface area (Å²) in [5.41, 5.74) is 1.97. The molecular weight excluding hydrogens is 162 g/mol. The highest BCUT2D eigenvalue weighted by Gasteiger charge is 1.92. The summed E-state index contributed by atoms with van der Waals surface area (Å²) in [5.74, 6) is 0.466. The molecule has 11 heavy (non-hydrogen) atoms. The lowest BCUT2D eigenvalue weighted by molar-refractivity contribution is 0.184. The maximum atomic E-state index is 5.56. The fraction of sp³-hybridized carbons (Fsp3) is 0.375. The van der Waals surface area contributed by atoms with Crippen molar-refractivity contribution >= 4 is 11.6 Å². The van der Waals surface area contributed by atoms with Gasteiger partial charge >= 0.3 is 0 Å². The van der Waals surface area contributed by atoms with E-state index >= 15 is 0 Å². The maximum Gasteiger partial charge on any atom is 0.0728 e. The van der Waals surface area contributed by atoms with Gasteiger partial charge in [-0.2, -0.15) is 0 Å². The number of aromatic nitrogens is 1. The van der Waals surface area contributed by atoms with Crippen LogP contribution in [0.5, 0.6) is 0 Å². The lowest BCUT2D eigenvalue weighted by Crippen LogP contribution is -1.90. The van der Waals surface area contributed by atoms with Crippen molar-refractivity contribution in [2.45, 2.75) is 12.5 Å². The Bertz CT molecular complexity index is 210.